The molecule has 1 aliphatic carbocycles. The van der Waals surface area contributed by atoms with Crippen molar-refractivity contribution in [1.29, 1.82) is 0 Å². The molecule has 3 heteroatoms. The molecule has 13 heavy (non-hydrogen) atoms. The van der Waals surface area contributed by atoms with Crippen molar-refractivity contribution in [2.24, 2.45) is 0 Å². The fourth-order valence-electron chi connectivity index (χ4n) is 2.23. The van der Waals surface area contributed by atoms with Crippen LogP contribution in [0, 0.1) is 0 Å². The summed E-state index contributed by atoms with van der Waals surface area (Å²) in [7, 11) is 0. The first-order valence-corrected chi connectivity index (χ1v) is 4.71. The minimum atomic E-state index is -0.111. The topological polar surface area (TPSA) is 37.4 Å². The van der Waals surface area contributed by atoms with Crippen molar-refractivity contribution in [2.45, 2.75) is 38.6 Å². The molecule has 1 saturated heterocycles. The first kappa shape index (κ1) is 8.48. The number of fused-ring (bicyclic) bond motifs is 1. The molecule has 0 N–H and O–H groups in total. The van der Waals surface area contributed by atoms with Crippen LogP contribution in [-0.2, 0) is 9.59 Å². The quantitative estimate of drug-likeness (QED) is 0.525. The van der Waals surface area contributed by atoms with Gasteiger partial charge in [-0.15, -0.1) is 0 Å². The highest BCUT2D eigenvalue weighted by molar-refractivity contribution is 5.98. The van der Waals surface area contributed by atoms with E-state index < -0.39 is 0 Å². The molecule has 0 spiro atoms. The van der Waals surface area contributed by atoms with Crippen LogP contribution >= 0.6 is 0 Å². The van der Waals surface area contributed by atoms with E-state index in [9.17, 15) is 9.59 Å². The van der Waals surface area contributed by atoms with E-state index in [1.165, 1.54) is 11.8 Å². The number of hydrogen-bond acceptors (Lipinski definition) is 2. The second-order valence-electron chi connectivity index (χ2n) is 3.69. The molecule has 2 aliphatic rings. The third-order valence-corrected chi connectivity index (χ3v) is 2.79. The van der Waals surface area contributed by atoms with Crippen LogP contribution in [0.1, 0.15) is 32.6 Å². The lowest BCUT2D eigenvalue weighted by Gasteiger charge is -2.24. The average molecular weight is 179 g/mol. The minimum absolute atomic E-state index is 0.0225. The number of amides is 2. The number of carbonyl (C=O) groups is 2. The summed E-state index contributed by atoms with van der Waals surface area (Å²) in [6.07, 6.45) is 5.69. The average Bonchev–Trinajstić information content (AvgIpc) is 2.39. The normalized spacial score (nSPS) is 27.2. The Morgan fingerprint density at radius 3 is 3.08 bits per heavy atom. The largest absolute Gasteiger partial charge is 0.275 e. The predicted molar refractivity (Wildman–Crippen MR) is 47.9 cm³/mol. The van der Waals surface area contributed by atoms with Crippen LogP contribution in [0.3, 0.4) is 0 Å². The summed E-state index contributed by atoms with van der Waals surface area (Å²) >= 11 is 0. The summed E-state index contributed by atoms with van der Waals surface area (Å²) < 4.78 is 0. The van der Waals surface area contributed by atoms with E-state index in [2.05, 4.69) is 6.08 Å². The van der Waals surface area contributed by atoms with E-state index in [0.717, 1.165) is 24.8 Å². The van der Waals surface area contributed by atoms with Crippen LogP contribution in [0.25, 0.3) is 0 Å². The highest BCUT2D eigenvalue weighted by Crippen LogP contribution is 2.32. The Hall–Kier alpha value is -1.12. The molecule has 1 fully saturated rings. The molecule has 1 atom stereocenters. The number of likely N-dealkylation sites (tertiary alicyclic amines) is 1. The smallest absolute Gasteiger partial charge is 0.233 e. The van der Waals surface area contributed by atoms with Gasteiger partial charge in [0.05, 0.1) is 12.5 Å². The maximum atomic E-state index is 11.4. The molecule has 0 radical (unpaired) electrons. The molecular weight excluding hydrogens is 166 g/mol. The van der Waals surface area contributed by atoms with Gasteiger partial charge in [0.1, 0.15) is 0 Å². The Morgan fingerprint density at radius 2 is 2.38 bits per heavy atom. The summed E-state index contributed by atoms with van der Waals surface area (Å²) in [5.41, 5.74) is 1.16. The van der Waals surface area contributed by atoms with Crippen LogP contribution in [0.4, 0.5) is 0 Å². The molecule has 1 heterocycles. The zero-order chi connectivity index (χ0) is 9.42. The molecule has 1 unspecified atom stereocenters. The number of nitrogens with zero attached hydrogens (tertiary/aromatic N) is 1. The van der Waals surface area contributed by atoms with Gasteiger partial charge in [0.2, 0.25) is 11.8 Å². The molecule has 2 rings (SSSR count). The summed E-state index contributed by atoms with van der Waals surface area (Å²) in [5.74, 6) is -0.133. The zero-order valence-corrected chi connectivity index (χ0v) is 7.75. The van der Waals surface area contributed by atoms with Gasteiger partial charge < -0.3 is 0 Å². The number of rotatable bonds is 0. The Balaban J connectivity index is 2.29. The van der Waals surface area contributed by atoms with Gasteiger partial charge >= 0.3 is 0 Å². The first-order valence-electron chi connectivity index (χ1n) is 4.71. The lowest BCUT2D eigenvalue weighted by molar-refractivity contribution is -0.142. The van der Waals surface area contributed by atoms with Crippen LogP contribution in [0.5, 0.6) is 0 Å². The SMILES string of the molecule is CC(=O)N1C(=O)CC2=CCCCC21. The Bertz CT molecular complexity index is 293. The summed E-state index contributed by atoms with van der Waals surface area (Å²) in [5, 5.41) is 0. The van der Waals surface area contributed by atoms with Crippen LogP contribution < -0.4 is 0 Å². The Morgan fingerprint density at radius 1 is 1.62 bits per heavy atom. The van der Waals surface area contributed by atoms with Gasteiger partial charge in [-0.05, 0) is 24.8 Å². The van der Waals surface area contributed by atoms with Gasteiger partial charge in [0.15, 0.2) is 0 Å². The third kappa shape index (κ3) is 1.28. The van der Waals surface area contributed by atoms with E-state index in [1.54, 1.807) is 0 Å². The third-order valence-electron chi connectivity index (χ3n) is 2.79. The van der Waals surface area contributed by atoms with Gasteiger partial charge in [0.25, 0.3) is 0 Å². The van der Waals surface area contributed by atoms with Crippen molar-refractivity contribution >= 4 is 11.8 Å². The van der Waals surface area contributed by atoms with Gasteiger partial charge in [-0.2, -0.15) is 0 Å². The number of carbonyl (C=O) groups excluding carboxylic acids is 2. The molecule has 0 bridgehead atoms. The van der Waals surface area contributed by atoms with Crippen molar-refractivity contribution in [1.82, 2.24) is 4.90 Å². The highest BCUT2D eigenvalue weighted by Gasteiger charge is 2.38. The van der Waals surface area contributed by atoms with Crippen LogP contribution in [0.2, 0.25) is 0 Å². The molecule has 0 saturated carbocycles. The van der Waals surface area contributed by atoms with Crippen molar-refractivity contribution in [3.05, 3.63) is 11.6 Å². The number of imide groups is 1. The molecule has 0 aromatic carbocycles. The van der Waals surface area contributed by atoms with E-state index >= 15 is 0 Å². The minimum Gasteiger partial charge on any atom is -0.275 e. The van der Waals surface area contributed by atoms with Gasteiger partial charge in [0, 0.05) is 6.92 Å². The van der Waals surface area contributed by atoms with Crippen molar-refractivity contribution in [3.8, 4) is 0 Å². The van der Waals surface area contributed by atoms with Crippen LogP contribution in [0.15, 0.2) is 11.6 Å². The van der Waals surface area contributed by atoms with Crippen molar-refractivity contribution in [2.75, 3.05) is 0 Å². The monoisotopic (exact) mass is 179 g/mol. The second kappa shape index (κ2) is 2.98. The Kier molecular flexibility index (Phi) is 1.94. The maximum absolute atomic E-state index is 11.4. The predicted octanol–water partition coefficient (Wildman–Crippen LogP) is 1.24. The first-order chi connectivity index (χ1) is 6.20. The number of allylic oxidation sites excluding steroid dienone is 1. The van der Waals surface area contributed by atoms with Gasteiger partial charge in [-0.3, -0.25) is 14.5 Å². The Labute approximate surface area is 77.4 Å². The molecule has 1 aliphatic heterocycles. The molecular formula is C10H13NO2. The summed E-state index contributed by atoms with van der Waals surface area (Å²) in [6.45, 7) is 1.47. The van der Waals surface area contributed by atoms with Crippen molar-refractivity contribution in [3.63, 3.8) is 0 Å². The fraction of sp³-hybridized carbons (Fsp3) is 0.600. The molecule has 0 aromatic rings. The van der Waals surface area contributed by atoms with Gasteiger partial charge in [-0.1, -0.05) is 6.08 Å². The lowest BCUT2D eigenvalue weighted by atomic mass is 9.95. The highest BCUT2D eigenvalue weighted by atomic mass is 16.2. The second-order valence-corrected chi connectivity index (χ2v) is 3.69. The molecule has 2 amide bonds. The summed E-state index contributed by atoms with van der Waals surface area (Å²) in [6, 6.07) is 0.0961. The number of hydrogen-bond donors (Lipinski definition) is 0. The van der Waals surface area contributed by atoms with E-state index in [-0.39, 0.29) is 17.9 Å². The summed E-state index contributed by atoms with van der Waals surface area (Å²) in [4.78, 5) is 24.1. The zero-order valence-electron chi connectivity index (χ0n) is 7.75. The molecule has 70 valence electrons. The van der Waals surface area contributed by atoms with E-state index in [4.69, 9.17) is 0 Å². The van der Waals surface area contributed by atoms with E-state index in [1.807, 2.05) is 0 Å². The molecule has 3 nitrogen and oxygen atoms in total. The van der Waals surface area contributed by atoms with Crippen LogP contribution in [-0.4, -0.2) is 22.8 Å². The molecule has 0 aromatic heterocycles. The van der Waals surface area contributed by atoms with Crippen molar-refractivity contribution < 1.29 is 9.59 Å². The maximum Gasteiger partial charge on any atom is 0.233 e. The standard InChI is InChI=1S/C10H13NO2/c1-7(12)11-9-5-3-2-4-8(9)6-10(11)13/h4,9H,2-3,5-6H2,1H3. The van der Waals surface area contributed by atoms with E-state index in [0.29, 0.717) is 6.42 Å². The fourth-order valence-corrected chi connectivity index (χ4v) is 2.23. The lowest BCUT2D eigenvalue weighted by Crippen LogP contribution is -2.37. The van der Waals surface area contributed by atoms with Gasteiger partial charge in [-0.25, -0.2) is 0 Å².